The molecule has 0 bridgehead atoms. The number of hydroxylamine groups is 1. The van der Waals surface area contributed by atoms with E-state index >= 15 is 0 Å². The van der Waals surface area contributed by atoms with Crippen LogP contribution in [0.3, 0.4) is 0 Å². The lowest BCUT2D eigenvalue weighted by Gasteiger charge is -2.14. The van der Waals surface area contributed by atoms with Gasteiger partial charge in [0, 0.05) is 6.54 Å². The molecule has 2 rings (SSSR count). The summed E-state index contributed by atoms with van der Waals surface area (Å²) in [7, 11) is -3.47. The van der Waals surface area contributed by atoms with E-state index in [1.165, 1.54) is 0 Å². The van der Waals surface area contributed by atoms with Gasteiger partial charge in [0.25, 0.3) is 10.0 Å². The lowest BCUT2D eigenvalue weighted by atomic mass is 10.0. The fourth-order valence-corrected chi connectivity index (χ4v) is 3.30. The summed E-state index contributed by atoms with van der Waals surface area (Å²) >= 11 is 0. The molecule has 18 heavy (non-hydrogen) atoms. The zero-order valence-electron chi connectivity index (χ0n) is 10.8. The molecule has 1 aliphatic rings. The predicted molar refractivity (Wildman–Crippen MR) is 69.4 cm³/mol. The molecule has 5 heteroatoms. The van der Waals surface area contributed by atoms with Gasteiger partial charge in [0.05, 0.1) is 11.5 Å². The van der Waals surface area contributed by atoms with Gasteiger partial charge in [-0.2, -0.15) is 0 Å². The normalized spacial score (nSPS) is 17.5. The van der Waals surface area contributed by atoms with Crippen molar-refractivity contribution in [3.8, 4) is 0 Å². The lowest BCUT2D eigenvalue weighted by Crippen LogP contribution is -2.26. The molecule has 0 aliphatic carbocycles. The van der Waals surface area contributed by atoms with Crippen LogP contribution in [0.4, 0.5) is 0 Å². The maximum Gasteiger partial charge on any atom is 0.265 e. The molecule has 0 N–H and O–H groups in total. The van der Waals surface area contributed by atoms with Crippen molar-refractivity contribution >= 4 is 10.0 Å². The second-order valence-electron chi connectivity index (χ2n) is 4.96. The third-order valence-corrected chi connectivity index (χ3v) is 4.55. The second kappa shape index (κ2) is 5.38. The van der Waals surface area contributed by atoms with Crippen LogP contribution in [0.2, 0.25) is 0 Å². The van der Waals surface area contributed by atoms with Crippen LogP contribution in [0.15, 0.2) is 29.2 Å². The fourth-order valence-electron chi connectivity index (χ4n) is 2.00. The Morgan fingerprint density at radius 2 is 1.94 bits per heavy atom. The molecule has 0 amide bonds. The SMILES string of the molecule is CC(C)Cc1ccc(S(=O)(=O)N2CCCO2)cc1. The van der Waals surface area contributed by atoms with E-state index in [2.05, 4.69) is 13.8 Å². The van der Waals surface area contributed by atoms with E-state index < -0.39 is 10.0 Å². The molecule has 0 unspecified atom stereocenters. The molecule has 0 radical (unpaired) electrons. The van der Waals surface area contributed by atoms with Crippen LogP contribution in [-0.2, 0) is 21.3 Å². The van der Waals surface area contributed by atoms with E-state index in [0.717, 1.165) is 22.9 Å². The Kier molecular flexibility index (Phi) is 4.04. The van der Waals surface area contributed by atoms with Crippen LogP contribution in [0.5, 0.6) is 0 Å². The summed E-state index contributed by atoms with van der Waals surface area (Å²) in [5, 5.41) is 0. The van der Waals surface area contributed by atoms with Crippen molar-refractivity contribution in [2.24, 2.45) is 5.92 Å². The summed E-state index contributed by atoms with van der Waals surface area (Å²) in [6.07, 6.45) is 1.71. The molecule has 1 aromatic rings. The van der Waals surface area contributed by atoms with Crippen molar-refractivity contribution in [2.45, 2.75) is 31.6 Å². The summed E-state index contributed by atoms with van der Waals surface area (Å²) in [5.74, 6) is 0.564. The first-order valence-corrected chi connectivity index (χ1v) is 7.69. The summed E-state index contributed by atoms with van der Waals surface area (Å²) in [6.45, 7) is 5.20. The van der Waals surface area contributed by atoms with Crippen LogP contribution in [0, 0.1) is 5.92 Å². The molecule has 0 aromatic heterocycles. The molecule has 4 nitrogen and oxygen atoms in total. The van der Waals surface area contributed by atoms with Gasteiger partial charge < -0.3 is 0 Å². The third-order valence-electron chi connectivity index (χ3n) is 2.85. The molecule has 100 valence electrons. The van der Waals surface area contributed by atoms with Crippen LogP contribution >= 0.6 is 0 Å². The van der Waals surface area contributed by atoms with E-state index in [4.69, 9.17) is 4.84 Å². The Balaban J connectivity index is 2.18. The lowest BCUT2D eigenvalue weighted by molar-refractivity contribution is -0.0284. The van der Waals surface area contributed by atoms with E-state index in [1.54, 1.807) is 12.1 Å². The molecule has 0 spiro atoms. The van der Waals surface area contributed by atoms with Crippen molar-refractivity contribution in [2.75, 3.05) is 13.2 Å². The molecule has 1 aromatic carbocycles. The van der Waals surface area contributed by atoms with Gasteiger partial charge in [0.2, 0.25) is 0 Å². The summed E-state index contributed by atoms with van der Waals surface area (Å²) in [6, 6.07) is 7.08. The smallest absolute Gasteiger partial charge is 0.265 e. The minimum Gasteiger partial charge on any atom is -0.284 e. The maximum atomic E-state index is 12.2. The van der Waals surface area contributed by atoms with Crippen LogP contribution in [0.25, 0.3) is 0 Å². The quantitative estimate of drug-likeness (QED) is 0.842. The molecule has 1 aliphatic heterocycles. The predicted octanol–water partition coefficient (Wildman–Crippen LogP) is 2.21. The summed E-state index contributed by atoms with van der Waals surface area (Å²) in [5.41, 5.74) is 1.16. The van der Waals surface area contributed by atoms with Gasteiger partial charge in [0.1, 0.15) is 0 Å². The van der Waals surface area contributed by atoms with Gasteiger partial charge in [-0.1, -0.05) is 30.4 Å². The van der Waals surface area contributed by atoms with Crippen molar-refractivity contribution < 1.29 is 13.3 Å². The average molecular weight is 269 g/mol. The Labute approximate surface area is 109 Å². The van der Waals surface area contributed by atoms with Gasteiger partial charge in [-0.05, 0) is 36.5 Å². The topological polar surface area (TPSA) is 46.6 Å². The van der Waals surface area contributed by atoms with Crippen molar-refractivity contribution in [3.05, 3.63) is 29.8 Å². The van der Waals surface area contributed by atoms with Gasteiger partial charge in [-0.3, -0.25) is 4.84 Å². The largest absolute Gasteiger partial charge is 0.284 e. The Bertz CT molecular complexity index is 487. The number of benzene rings is 1. The molecule has 0 atom stereocenters. The Hall–Kier alpha value is -0.910. The fraction of sp³-hybridized carbons (Fsp3) is 0.538. The van der Waals surface area contributed by atoms with Gasteiger partial charge in [-0.25, -0.2) is 8.42 Å². The average Bonchev–Trinajstić information content (AvgIpc) is 2.83. The zero-order valence-corrected chi connectivity index (χ0v) is 11.6. The number of hydrogen-bond donors (Lipinski definition) is 0. The van der Waals surface area contributed by atoms with Crippen molar-refractivity contribution in [3.63, 3.8) is 0 Å². The highest BCUT2D eigenvalue weighted by atomic mass is 32.2. The molecule has 1 fully saturated rings. The Morgan fingerprint density at radius 1 is 1.28 bits per heavy atom. The van der Waals surface area contributed by atoms with E-state index in [-0.39, 0.29) is 0 Å². The van der Waals surface area contributed by atoms with Crippen molar-refractivity contribution in [1.29, 1.82) is 0 Å². The van der Waals surface area contributed by atoms with Gasteiger partial charge in [0.15, 0.2) is 0 Å². The van der Waals surface area contributed by atoms with E-state index in [9.17, 15) is 8.42 Å². The summed E-state index contributed by atoms with van der Waals surface area (Å²) < 4.78 is 25.4. The summed E-state index contributed by atoms with van der Waals surface area (Å²) in [4.78, 5) is 5.42. The molecule has 0 saturated carbocycles. The monoisotopic (exact) mass is 269 g/mol. The minimum absolute atomic E-state index is 0.303. The molecular formula is C13H19NO3S. The maximum absolute atomic E-state index is 12.2. The molecular weight excluding hydrogens is 250 g/mol. The first kappa shape index (κ1) is 13.5. The first-order valence-electron chi connectivity index (χ1n) is 6.25. The number of nitrogens with zero attached hydrogens (tertiary/aromatic N) is 1. The van der Waals surface area contributed by atoms with Crippen LogP contribution < -0.4 is 0 Å². The first-order chi connectivity index (χ1) is 8.50. The Morgan fingerprint density at radius 3 is 2.44 bits per heavy atom. The van der Waals surface area contributed by atoms with E-state index in [0.29, 0.717) is 24.0 Å². The highest BCUT2D eigenvalue weighted by Gasteiger charge is 2.28. The molecule has 1 saturated heterocycles. The van der Waals surface area contributed by atoms with Gasteiger partial charge in [-0.15, -0.1) is 0 Å². The minimum atomic E-state index is -3.47. The highest BCUT2D eigenvalue weighted by Crippen LogP contribution is 2.20. The van der Waals surface area contributed by atoms with Crippen LogP contribution in [0.1, 0.15) is 25.8 Å². The number of rotatable bonds is 4. The van der Waals surface area contributed by atoms with Gasteiger partial charge >= 0.3 is 0 Å². The zero-order chi connectivity index (χ0) is 13.2. The third kappa shape index (κ3) is 2.91. The molecule has 1 heterocycles. The highest BCUT2D eigenvalue weighted by molar-refractivity contribution is 7.89. The second-order valence-corrected chi connectivity index (χ2v) is 6.79. The van der Waals surface area contributed by atoms with Crippen LogP contribution in [-0.4, -0.2) is 26.0 Å². The number of sulfonamides is 1. The van der Waals surface area contributed by atoms with E-state index in [1.807, 2.05) is 12.1 Å². The standard InChI is InChI=1S/C13H19NO3S/c1-11(2)10-12-4-6-13(7-5-12)18(15,16)14-8-3-9-17-14/h4-7,11H,3,8-10H2,1-2H3. The number of hydrogen-bond acceptors (Lipinski definition) is 3. The van der Waals surface area contributed by atoms with Crippen molar-refractivity contribution in [1.82, 2.24) is 4.47 Å².